The number of hydrogen-bond acceptors (Lipinski definition) is 6. The van der Waals surface area contributed by atoms with Crippen molar-refractivity contribution in [2.75, 3.05) is 0 Å². The fourth-order valence-electron chi connectivity index (χ4n) is 3.54. The first-order valence-electron chi connectivity index (χ1n) is 10.1. The minimum Gasteiger partial charge on any atom is -0.508 e. The smallest absolute Gasteiger partial charge is 0.193 e. The molecule has 0 amide bonds. The third-order valence-electron chi connectivity index (χ3n) is 5.13. The summed E-state index contributed by atoms with van der Waals surface area (Å²) >= 11 is 0. The molecule has 0 fully saturated rings. The Labute approximate surface area is 181 Å². The van der Waals surface area contributed by atoms with Crippen molar-refractivity contribution >= 4 is 11.6 Å². The van der Waals surface area contributed by atoms with Crippen molar-refractivity contribution < 1.29 is 29.6 Å². The van der Waals surface area contributed by atoms with Gasteiger partial charge in [0.15, 0.2) is 11.6 Å². The van der Waals surface area contributed by atoms with Crippen molar-refractivity contribution in [3.63, 3.8) is 0 Å². The molecule has 3 N–H and O–H groups in total. The molecule has 0 aliphatic carbocycles. The molecule has 0 radical (unpaired) electrons. The van der Waals surface area contributed by atoms with E-state index in [0.717, 1.165) is 18.1 Å². The summed E-state index contributed by atoms with van der Waals surface area (Å²) < 4.78 is 5.95. The van der Waals surface area contributed by atoms with Crippen LogP contribution in [0.25, 0.3) is 0 Å². The molecule has 2 aromatic rings. The minimum atomic E-state index is -0.712. The van der Waals surface area contributed by atoms with Gasteiger partial charge in [0.2, 0.25) is 0 Å². The monoisotopic (exact) mass is 422 g/mol. The number of ketones is 2. The van der Waals surface area contributed by atoms with Crippen molar-refractivity contribution in [3.05, 3.63) is 70.3 Å². The van der Waals surface area contributed by atoms with E-state index in [1.165, 1.54) is 23.8 Å². The third kappa shape index (κ3) is 4.97. The molecule has 0 saturated carbocycles. The first kappa shape index (κ1) is 22.2. The van der Waals surface area contributed by atoms with Crippen LogP contribution in [-0.2, 0) is 0 Å². The Balaban J connectivity index is 1.99. The summed E-state index contributed by atoms with van der Waals surface area (Å²) in [5, 5.41) is 30.1. The summed E-state index contributed by atoms with van der Waals surface area (Å²) in [7, 11) is 0. The number of fused-ring (bicyclic) bond motifs is 1. The molecular weight excluding hydrogens is 396 g/mol. The quantitative estimate of drug-likeness (QED) is 0.328. The van der Waals surface area contributed by atoms with Gasteiger partial charge in [-0.15, -0.1) is 0 Å². The van der Waals surface area contributed by atoms with E-state index in [1.54, 1.807) is 12.1 Å². The Hall–Kier alpha value is -3.54. The summed E-state index contributed by atoms with van der Waals surface area (Å²) in [6.45, 7) is 5.83. The van der Waals surface area contributed by atoms with Gasteiger partial charge in [-0.25, -0.2) is 0 Å². The number of Topliss-reactive ketones (excluding diaryl/α,β-unsaturated/α-hetero) is 1. The van der Waals surface area contributed by atoms with Crippen LogP contribution >= 0.6 is 0 Å². The topological polar surface area (TPSA) is 104 Å². The Kier molecular flexibility index (Phi) is 6.49. The van der Waals surface area contributed by atoms with Gasteiger partial charge < -0.3 is 20.1 Å². The van der Waals surface area contributed by atoms with Crippen molar-refractivity contribution in [2.24, 2.45) is 0 Å². The number of hydrogen-bond donors (Lipinski definition) is 3. The maximum atomic E-state index is 13.0. The van der Waals surface area contributed by atoms with Gasteiger partial charge in [-0.1, -0.05) is 29.4 Å². The molecule has 0 bridgehead atoms. The van der Waals surface area contributed by atoms with E-state index in [9.17, 15) is 24.9 Å². The van der Waals surface area contributed by atoms with E-state index in [2.05, 4.69) is 6.08 Å². The lowest BCUT2D eigenvalue weighted by atomic mass is 9.91. The highest BCUT2D eigenvalue weighted by molar-refractivity contribution is 6.13. The molecule has 1 unspecified atom stereocenters. The number of ether oxygens (including phenoxy) is 1. The van der Waals surface area contributed by atoms with Crippen LogP contribution in [0.4, 0.5) is 0 Å². The van der Waals surface area contributed by atoms with Gasteiger partial charge in [-0.05, 0) is 57.4 Å². The highest BCUT2D eigenvalue weighted by Gasteiger charge is 2.35. The lowest BCUT2D eigenvalue weighted by Gasteiger charge is -2.28. The Morgan fingerprint density at radius 1 is 1.10 bits per heavy atom. The SMILES string of the molecule is CC(C)=CCC/C(C)=C/C(=O)c1c(O)cc(O)c2c1OC(c1ccc(O)cc1)CC2=O. The molecule has 2 aromatic carbocycles. The highest BCUT2D eigenvalue weighted by Crippen LogP contribution is 2.45. The number of carbonyl (C=O) groups is 2. The summed E-state index contributed by atoms with van der Waals surface area (Å²) in [6.07, 6.45) is 4.20. The van der Waals surface area contributed by atoms with E-state index in [4.69, 9.17) is 4.74 Å². The van der Waals surface area contributed by atoms with Crippen LogP contribution in [-0.4, -0.2) is 26.9 Å². The molecule has 0 spiro atoms. The number of aromatic hydroxyl groups is 3. The van der Waals surface area contributed by atoms with Gasteiger partial charge in [0.05, 0.1) is 6.42 Å². The first-order chi connectivity index (χ1) is 14.7. The lowest BCUT2D eigenvalue weighted by molar-refractivity contribution is 0.0840. The number of allylic oxidation sites excluding steroid dienone is 4. The molecule has 1 atom stereocenters. The van der Waals surface area contributed by atoms with Crippen LogP contribution in [0.15, 0.2) is 53.6 Å². The van der Waals surface area contributed by atoms with E-state index in [-0.39, 0.29) is 29.0 Å². The van der Waals surface area contributed by atoms with Gasteiger partial charge in [0, 0.05) is 6.07 Å². The summed E-state index contributed by atoms with van der Waals surface area (Å²) in [4.78, 5) is 25.8. The van der Waals surface area contributed by atoms with Crippen LogP contribution in [0.2, 0.25) is 0 Å². The fraction of sp³-hybridized carbons (Fsp3) is 0.280. The van der Waals surface area contributed by atoms with Crippen molar-refractivity contribution in [1.29, 1.82) is 0 Å². The van der Waals surface area contributed by atoms with Gasteiger partial charge >= 0.3 is 0 Å². The molecule has 0 aromatic heterocycles. The molecule has 3 rings (SSSR count). The second-order valence-corrected chi connectivity index (χ2v) is 7.99. The Bertz CT molecular complexity index is 1070. The third-order valence-corrected chi connectivity index (χ3v) is 5.13. The van der Waals surface area contributed by atoms with Crippen molar-refractivity contribution in [3.8, 4) is 23.0 Å². The van der Waals surface area contributed by atoms with Gasteiger partial charge in [-0.3, -0.25) is 9.59 Å². The lowest BCUT2D eigenvalue weighted by Crippen LogP contribution is -2.22. The average Bonchev–Trinajstić information content (AvgIpc) is 2.67. The van der Waals surface area contributed by atoms with Crippen LogP contribution < -0.4 is 4.74 Å². The van der Waals surface area contributed by atoms with Crippen LogP contribution in [0.3, 0.4) is 0 Å². The fourth-order valence-corrected chi connectivity index (χ4v) is 3.54. The zero-order chi connectivity index (χ0) is 22.7. The summed E-state index contributed by atoms with van der Waals surface area (Å²) in [5.74, 6) is -1.81. The molecule has 1 aliphatic rings. The van der Waals surface area contributed by atoms with Crippen molar-refractivity contribution in [1.82, 2.24) is 0 Å². The number of carbonyl (C=O) groups excluding carboxylic acids is 2. The minimum absolute atomic E-state index is 0.0404. The first-order valence-corrected chi connectivity index (χ1v) is 10.1. The summed E-state index contributed by atoms with van der Waals surface area (Å²) in [6, 6.07) is 7.19. The number of benzene rings is 2. The molecule has 6 nitrogen and oxygen atoms in total. The maximum Gasteiger partial charge on any atom is 0.193 e. The van der Waals surface area contributed by atoms with E-state index < -0.39 is 29.2 Å². The van der Waals surface area contributed by atoms with Crippen molar-refractivity contribution in [2.45, 2.75) is 46.1 Å². The molecule has 6 heteroatoms. The van der Waals surface area contributed by atoms with Gasteiger partial charge in [-0.2, -0.15) is 0 Å². The van der Waals surface area contributed by atoms with Crippen LogP contribution in [0.5, 0.6) is 23.0 Å². The Morgan fingerprint density at radius 3 is 2.42 bits per heavy atom. The molecule has 162 valence electrons. The summed E-state index contributed by atoms with van der Waals surface area (Å²) in [5.41, 5.74) is 2.39. The van der Waals surface area contributed by atoms with Crippen LogP contribution in [0.1, 0.15) is 72.4 Å². The Morgan fingerprint density at radius 2 is 1.77 bits per heavy atom. The number of phenols is 3. The normalized spacial score (nSPS) is 15.8. The van der Waals surface area contributed by atoms with Crippen LogP contribution in [0, 0.1) is 0 Å². The molecule has 1 aliphatic heterocycles. The zero-order valence-corrected chi connectivity index (χ0v) is 17.8. The zero-order valence-electron chi connectivity index (χ0n) is 17.8. The molecular formula is C25H26O6. The van der Waals surface area contributed by atoms with E-state index >= 15 is 0 Å². The molecule has 0 saturated heterocycles. The van der Waals surface area contributed by atoms with Gasteiger partial charge in [0.1, 0.15) is 40.2 Å². The standard InChI is InChI=1S/C25H26O6/c1-14(2)5-4-6-15(3)11-18(27)23-19(28)12-20(29)24-21(30)13-22(31-25(23)24)16-7-9-17(26)10-8-16/h5,7-12,22,26,28-29H,4,6,13H2,1-3H3/b15-11+. The highest BCUT2D eigenvalue weighted by atomic mass is 16.5. The average molecular weight is 422 g/mol. The predicted octanol–water partition coefficient (Wildman–Crippen LogP) is 5.39. The second-order valence-electron chi connectivity index (χ2n) is 7.99. The second kappa shape index (κ2) is 9.08. The predicted molar refractivity (Wildman–Crippen MR) is 117 cm³/mol. The van der Waals surface area contributed by atoms with Gasteiger partial charge in [0.25, 0.3) is 0 Å². The molecule has 31 heavy (non-hydrogen) atoms. The van der Waals surface area contributed by atoms with E-state index in [0.29, 0.717) is 12.0 Å². The largest absolute Gasteiger partial charge is 0.508 e. The maximum absolute atomic E-state index is 13.0. The number of phenolic OH excluding ortho intramolecular Hbond substituents is 3. The number of rotatable bonds is 6. The van der Waals surface area contributed by atoms with E-state index in [1.807, 2.05) is 20.8 Å². The molecule has 1 heterocycles.